The van der Waals surface area contributed by atoms with Gasteiger partial charge in [0.2, 0.25) is 0 Å². The van der Waals surface area contributed by atoms with Crippen molar-refractivity contribution >= 4 is 23.4 Å². The zero-order valence-electron chi connectivity index (χ0n) is 15.4. The molecule has 0 radical (unpaired) electrons. The number of nitrogens with zero attached hydrogens (tertiary/aromatic N) is 2. The van der Waals surface area contributed by atoms with Gasteiger partial charge in [-0.2, -0.15) is 0 Å². The van der Waals surface area contributed by atoms with Gasteiger partial charge >= 0.3 is 5.97 Å². The van der Waals surface area contributed by atoms with Crippen LogP contribution in [0.4, 0.5) is 11.5 Å². The molecule has 7 nitrogen and oxygen atoms in total. The first-order valence-electron chi connectivity index (χ1n) is 8.70. The van der Waals surface area contributed by atoms with Crippen molar-refractivity contribution in [1.29, 1.82) is 0 Å². The Balaban J connectivity index is 1.66. The summed E-state index contributed by atoms with van der Waals surface area (Å²) in [6, 6.07) is 14.3. The molecule has 0 aliphatic carbocycles. The Morgan fingerprint density at radius 3 is 2.43 bits per heavy atom. The molecule has 0 aliphatic rings. The lowest BCUT2D eigenvalue weighted by Crippen LogP contribution is -2.15. The van der Waals surface area contributed by atoms with Crippen molar-refractivity contribution in [3.63, 3.8) is 0 Å². The van der Waals surface area contributed by atoms with E-state index < -0.39 is 0 Å². The predicted octanol–water partition coefficient (Wildman–Crippen LogP) is 3.06. The van der Waals surface area contributed by atoms with Gasteiger partial charge in [-0.05, 0) is 47.5 Å². The maximum Gasteiger partial charge on any atom is 0.309 e. The maximum atomic E-state index is 12.7. The Bertz CT molecular complexity index is 943. The Morgan fingerprint density at radius 2 is 1.71 bits per heavy atom. The highest BCUT2D eigenvalue weighted by atomic mass is 16.5. The van der Waals surface area contributed by atoms with Gasteiger partial charge in [0.15, 0.2) is 0 Å². The molecule has 0 atom stereocenters. The third-order valence-electron chi connectivity index (χ3n) is 4.05. The summed E-state index contributed by atoms with van der Waals surface area (Å²) in [7, 11) is 1.35. The van der Waals surface area contributed by atoms with Crippen molar-refractivity contribution in [2.75, 3.05) is 17.7 Å². The normalized spacial score (nSPS) is 10.2. The zero-order chi connectivity index (χ0) is 19.8. The van der Waals surface area contributed by atoms with E-state index in [0.29, 0.717) is 23.6 Å². The summed E-state index contributed by atoms with van der Waals surface area (Å²) in [6.07, 6.45) is 5.25. The first kappa shape index (κ1) is 19.0. The van der Waals surface area contributed by atoms with Crippen LogP contribution in [-0.4, -0.2) is 29.0 Å². The number of rotatable bonds is 7. The quantitative estimate of drug-likeness (QED) is 0.616. The van der Waals surface area contributed by atoms with Gasteiger partial charge in [0, 0.05) is 30.8 Å². The number of benzene rings is 1. The molecule has 0 saturated heterocycles. The summed E-state index contributed by atoms with van der Waals surface area (Å²) < 4.78 is 4.65. The smallest absolute Gasteiger partial charge is 0.309 e. The molecule has 0 spiro atoms. The SMILES string of the molecule is COC(=O)Cc1ccc(NC(=O)c2cccnc2NCc2ccncc2)cc1. The third-order valence-corrected chi connectivity index (χ3v) is 4.05. The van der Waals surface area contributed by atoms with Crippen LogP contribution in [0.15, 0.2) is 67.1 Å². The van der Waals surface area contributed by atoms with Crippen LogP contribution in [0.5, 0.6) is 0 Å². The number of amides is 1. The fourth-order valence-electron chi connectivity index (χ4n) is 2.56. The molecule has 7 heteroatoms. The fraction of sp³-hybridized carbons (Fsp3) is 0.143. The highest BCUT2D eigenvalue weighted by Gasteiger charge is 2.13. The molecule has 2 aromatic heterocycles. The van der Waals surface area contributed by atoms with Gasteiger partial charge in [-0.3, -0.25) is 14.6 Å². The van der Waals surface area contributed by atoms with Crippen LogP contribution in [0, 0.1) is 0 Å². The molecular formula is C21H20N4O3. The second kappa shape index (κ2) is 9.27. The Morgan fingerprint density at radius 1 is 0.964 bits per heavy atom. The van der Waals surface area contributed by atoms with Gasteiger partial charge in [-0.25, -0.2) is 4.98 Å². The van der Waals surface area contributed by atoms with Gasteiger partial charge < -0.3 is 15.4 Å². The summed E-state index contributed by atoms with van der Waals surface area (Å²) >= 11 is 0. The molecule has 3 rings (SSSR count). The summed E-state index contributed by atoms with van der Waals surface area (Å²) in [5, 5.41) is 6.03. The van der Waals surface area contributed by atoms with Gasteiger partial charge in [-0.15, -0.1) is 0 Å². The molecule has 0 unspecified atom stereocenters. The lowest BCUT2D eigenvalue weighted by molar-refractivity contribution is -0.139. The average molecular weight is 376 g/mol. The van der Waals surface area contributed by atoms with Crippen molar-refractivity contribution in [3.05, 3.63) is 83.8 Å². The minimum Gasteiger partial charge on any atom is -0.469 e. The maximum absolute atomic E-state index is 12.7. The molecule has 2 N–H and O–H groups in total. The van der Waals surface area contributed by atoms with Crippen LogP contribution in [0.2, 0.25) is 0 Å². The minimum absolute atomic E-state index is 0.191. The van der Waals surface area contributed by atoms with Crippen LogP contribution < -0.4 is 10.6 Å². The number of esters is 1. The number of hydrogen-bond acceptors (Lipinski definition) is 6. The predicted molar refractivity (Wildman–Crippen MR) is 106 cm³/mol. The van der Waals surface area contributed by atoms with Crippen molar-refractivity contribution in [2.24, 2.45) is 0 Å². The van der Waals surface area contributed by atoms with E-state index in [9.17, 15) is 9.59 Å². The summed E-state index contributed by atoms with van der Waals surface area (Å²) in [5.74, 6) is -0.0813. The molecule has 1 amide bonds. The molecular weight excluding hydrogens is 356 g/mol. The molecule has 0 aliphatic heterocycles. The van der Waals surface area contributed by atoms with Crippen LogP contribution in [0.3, 0.4) is 0 Å². The molecule has 2 heterocycles. The second-order valence-corrected chi connectivity index (χ2v) is 6.01. The second-order valence-electron chi connectivity index (χ2n) is 6.01. The van der Waals surface area contributed by atoms with E-state index in [1.54, 1.807) is 55.0 Å². The monoisotopic (exact) mass is 376 g/mol. The number of hydrogen-bond donors (Lipinski definition) is 2. The van der Waals surface area contributed by atoms with Gasteiger partial charge in [-0.1, -0.05) is 12.1 Å². The van der Waals surface area contributed by atoms with Crippen molar-refractivity contribution in [1.82, 2.24) is 9.97 Å². The first-order valence-corrected chi connectivity index (χ1v) is 8.70. The van der Waals surface area contributed by atoms with E-state index in [-0.39, 0.29) is 18.3 Å². The van der Waals surface area contributed by atoms with Crippen LogP contribution in [0.1, 0.15) is 21.5 Å². The summed E-state index contributed by atoms with van der Waals surface area (Å²) in [4.78, 5) is 32.3. The van der Waals surface area contributed by atoms with Crippen LogP contribution >= 0.6 is 0 Å². The Labute approximate surface area is 162 Å². The van der Waals surface area contributed by atoms with E-state index >= 15 is 0 Å². The largest absolute Gasteiger partial charge is 0.469 e. The fourth-order valence-corrected chi connectivity index (χ4v) is 2.56. The highest BCUT2D eigenvalue weighted by Crippen LogP contribution is 2.17. The molecule has 1 aromatic carbocycles. The summed E-state index contributed by atoms with van der Waals surface area (Å²) in [5.41, 5.74) is 2.91. The van der Waals surface area contributed by atoms with E-state index in [1.807, 2.05) is 12.1 Å². The molecule has 3 aromatic rings. The lowest BCUT2D eigenvalue weighted by atomic mass is 10.1. The van der Waals surface area contributed by atoms with E-state index in [4.69, 9.17) is 0 Å². The Kier molecular flexibility index (Phi) is 6.30. The van der Waals surface area contributed by atoms with Gasteiger partial charge in [0.25, 0.3) is 5.91 Å². The average Bonchev–Trinajstić information content (AvgIpc) is 2.74. The highest BCUT2D eigenvalue weighted by molar-refractivity contribution is 6.07. The van der Waals surface area contributed by atoms with Crippen LogP contribution in [-0.2, 0) is 22.5 Å². The molecule has 0 fully saturated rings. The number of nitrogens with one attached hydrogen (secondary N) is 2. The molecule has 0 saturated carbocycles. The molecule has 0 bridgehead atoms. The third kappa shape index (κ3) is 5.14. The lowest BCUT2D eigenvalue weighted by Gasteiger charge is -2.11. The summed E-state index contributed by atoms with van der Waals surface area (Å²) in [6.45, 7) is 0.530. The van der Waals surface area contributed by atoms with Crippen molar-refractivity contribution in [3.8, 4) is 0 Å². The Hall–Kier alpha value is -3.74. The first-order chi connectivity index (χ1) is 13.7. The zero-order valence-corrected chi connectivity index (χ0v) is 15.4. The van der Waals surface area contributed by atoms with Crippen molar-refractivity contribution < 1.29 is 14.3 Å². The van der Waals surface area contributed by atoms with Crippen molar-refractivity contribution in [2.45, 2.75) is 13.0 Å². The van der Waals surface area contributed by atoms with E-state index in [2.05, 4.69) is 25.3 Å². The number of pyridine rings is 2. The standard InChI is InChI=1S/C21H20N4O3/c1-28-19(26)13-15-4-6-17(7-5-15)25-21(27)18-3-2-10-23-20(18)24-14-16-8-11-22-12-9-16/h2-12H,13-14H2,1H3,(H,23,24)(H,25,27). The van der Waals surface area contributed by atoms with E-state index in [0.717, 1.165) is 11.1 Å². The minimum atomic E-state index is -0.308. The number of anilines is 2. The molecule has 28 heavy (non-hydrogen) atoms. The number of aromatic nitrogens is 2. The van der Waals surface area contributed by atoms with E-state index in [1.165, 1.54) is 7.11 Å². The van der Waals surface area contributed by atoms with Gasteiger partial charge in [0.1, 0.15) is 5.82 Å². The number of carbonyl (C=O) groups excluding carboxylic acids is 2. The number of ether oxygens (including phenoxy) is 1. The number of methoxy groups -OCH3 is 1. The van der Waals surface area contributed by atoms with Crippen LogP contribution in [0.25, 0.3) is 0 Å². The molecule has 142 valence electrons. The topological polar surface area (TPSA) is 93.2 Å². The van der Waals surface area contributed by atoms with Gasteiger partial charge in [0.05, 0.1) is 19.1 Å². The number of carbonyl (C=O) groups is 2.